The maximum Gasteiger partial charge on any atom is 0.364 e. The highest BCUT2D eigenvalue weighted by Gasteiger charge is 2.50. The van der Waals surface area contributed by atoms with E-state index in [1.165, 1.54) is 0 Å². The van der Waals surface area contributed by atoms with Crippen molar-refractivity contribution in [1.29, 1.82) is 0 Å². The van der Waals surface area contributed by atoms with Gasteiger partial charge in [-0.3, -0.25) is 5.32 Å². The Morgan fingerprint density at radius 3 is 2.56 bits per heavy atom. The first-order chi connectivity index (χ1) is 7.44. The number of aliphatic hydroxyl groups excluding tert-OH is 3. The van der Waals surface area contributed by atoms with Gasteiger partial charge in [-0.1, -0.05) is 0 Å². The van der Waals surface area contributed by atoms with E-state index < -0.39 is 49.8 Å². The lowest BCUT2D eigenvalue weighted by molar-refractivity contribution is -0.281. The van der Waals surface area contributed by atoms with Crippen LogP contribution in [0.25, 0.3) is 0 Å². The predicted molar refractivity (Wildman–Crippen MR) is 49.2 cm³/mol. The summed E-state index contributed by atoms with van der Waals surface area (Å²) in [6.45, 7) is -1.06. The number of hydrogen-bond donors (Lipinski definition) is 6. The van der Waals surface area contributed by atoms with Gasteiger partial charge in [0.1, 0.15) is 6.10 Å². The molecule has 4 unspecified atom stereocenters. The Hall–Kier alpha value is -0.770. The summed E-state index contributed by atoms with van der Waals surface area (Å²) in [6, 6.07) is -0.838. The van der Waals surface area contributed by atoms with Gasteiger partial charge >= 0.3 is 5.97 Å². The molecule has 0 aromatic heterocycles. The van der Waals surface area contributed by atoms with E-state index in [0.717, 1.165) is 0 Å². The molecular formula is C8H15NO7. The summed E-state index contributed by atoms with van der Waals surface area (Å²) in [4.78, 5) is 10.7. The molecule has 6 N–H and O–H groups in total. The average Bonchev–Trinajstić information content (AvgIpc) is 2.21. The highest BCUT2D eigenvalue weighted by atomic mass is 16.7. The molecular weight excluding hydrogens is 222 g/mol. The fourth-order valence-corrected chi connectivity index (χ4v) is 1.69. The van der Waals surface area contributed by atoms with Crippen LogP contribution in [0, 0.1) is 0 Å². The lowest BCUT2D eigenvalue weighted by Gasteiger charge is -2.41. The minimum atomic E-state index is -2.51. The number of nitrogens with one attached hydrogen (secondary N) is 1. The second-order valence-corrected chi connectivity index (χ2v) is 3.59. The van der Waals surface area contributed by atoms with Crippen LogP contribution in [-0.4, -0.2) is 68.9 Å². The molecule has 94 valence electrons. The minimum absolute atomic E-state index is 0.465. The van der Waals surface area contributed by atoms with Crippen molar-refractivity contribution in [2.75, 3.05) is 13.3 Å². The highest BCUT2D eigenvalue weighted by molar-refractivity contribution is 5.75. The molecule has 8 nitrogen and oxygen atoms in total. The first-order valence-electron chi connectivity index (χ1n) is 4.71. The van der Waals surface area contributed by atoms with Crippen molar-refractivity contribution in [3.05, 3.63) is 0 Å². The molecule has 4 atom stereocenters. The number of carboxylic acid groups (broad SMARTS) is 1. The molecule has 0 aliphatic carbocycles. The van der Waals surface area contributed by atoms with E-state index in [2.05, 4.69) is 5.32 Å². The molecule has 0 amide bonds. The van der Waals surface area contributed by atoms with E-state index in [4.69, 9.17) is 20.1 Å². The number of ether oxygens (including phenoxy) is 1. The summed E-state index contributed by atoms with van der Waals surface area (Å²) in [7, 11) is 0. The van der Waals surface area contributed by atoms with Crippen LogP contribution in [0.3, 0.4) is 0 Å². The molecule has 1 aliphatic heterocycles. The summed E-state index contributed by atoms with van der Waals surface area (Å²) in [5.41, 5.74) is 0. The van der Waals surface area contributed by atoms with Crippen molar-refractivity contribution >= 4 is 5.97 Å². The van der Waals surface area contributed by atoms with Crippen LogP contribution in [-0.2, 0) is 9.53 Å². The van der Waals surface area contributed by atoms with E-state index >= 15 is 0 Å². The molecule has 0 spiro atoms. The fraction of sp³-hybridized carbons (Fsp3) is 0.875. The maximum atomic E-state index is 10.7. The minimum Gasteiger partial charge on any atom is -0.477 e. The van der Waals surface area contributed by atoms with E-state index in [1.807, 2.05) is 0 Å². The summed E-state index contributed by atoms with van der Waals surface area (Å²) in [5, 5.41) is 47.9. The quantitative estimate of drug-likeness (QED) is 0.281. The standard InChI is InChI=1S/C8H15NO7/c10-2-5-6(9-3-11)4(12)1-8(15,16-5)7(13)14/h4-6,9-12,15H,1-3H2,(H,13,14). The number of aliphatic carboxylic acids is 1. The number of rotatable bonds is 4. The van der Waals surface area contributed by atoms with E-state index in [9.17, 15) is 15.0 Å². The summed E-state index contributed by atoms with van der Waals surface area (Å²) in [6.07, 6.45) is -2.91. The molecule has 1 rings (SSSR count). The Morgan fingerprint density at radius 2 is 2.12 bits per heavy atom. The molecule has 1 aliphatic rings. The Balaban J connectivity index is 2.81. The molecule has 8 heteroatoms. The van der Waals surface area contributed by atoms with Crippen molar-refractivity contribution in [3.8, 4) is 0 Å². The van der Waals surface area contributed by atoms with Gasteiger partial charge in [-0.25, -0.2) is 4.79 Å². The molecule has 16 heavy (non-hydrogen) atoms. The first kappa shape index (κ1) is 13.3. The van der Waals surface area contributed by atoms with Gasteiger partial charge in [0, 0.05) is 6.42 Å². The third-order valence-corrected chi connectivity index (χ3v) is 2.49. The fourth-order valence-electron chi connectivity index (χ4n) is 1.69. The van der Waals surface area contributed by atoms with Crippen LogP contribution in [0.5, 0.6) is 0 Å². The zero-order chi connectivity index (χ0) is 12.3. The molecule has 0 bridgehead atoms. The molecule has 0 radical (unpaired) electrons. The van der Waals surface area contributed by atoms with Crippen LogP contribution in [0.15, 0.2) is 0 Å². The Morgan fingerprint density at radius 1 is 1.50 bits per heavy atom. The van der Waals surface area contributed by atoms with Crippen molar-refractivity contribution in [2.24, 2.45) is 0 Å². The summed E-state index contributed by atoms with van der Waals surface area (Å²) < 4.78 is 4.79. The zero-order valence-corrected chi connectivity index (χ0v) is 8.41. The SMILES string of the molecule is O=C(O)C1(O)CC(O)C(NCO)C(CO)O1. The largest absolute Gasteiger partial charge is 0.477 e. The maximum absolute atomic E-state index is 10.7. The van der Waals surface area contributed by atoms with Crippen LogP contribution < -0.4 is 5.32 Å². The van der Waals surface area contributed by atoms with Crippen molar-refractivity contribution in [3.63, 3.8) is 0 Å². The predicted octanol–water partition coefficient (Wildman–Crippen LogP) is -3.19. The molecule has 1 heterocycles. The van der Waals surface area contributed by atoms with E-state index in [0.29, 0.717) is 0 Å². The van der Waals surface area contributed by atoms with Gasteiger partial charge in [-0.05, 0) is 0 Å². The Kier molecular flexibility index (Phi) is 4.19. The van der Waals surface area contributed by atoms with E-state index in [-0.39, 0.29) is 0 Å². The lowest BCUT2D eigenvalue weighted by atomic mass is 9.93. The monoisotopic (exact) mass is 237 g/mol. The summed E-state index contributed by atoms with van der Waals surface area (Å²) in [5.74, 6) is -4.15. The smallest absolute Gasteiger partial charge is 0.364 e. The van der Waals surface area contributed by atoms with Crippen molar-refractivity contribution < 1.29 is 35.1 Å². The third kappa shape index (κ3) is 2.48. The first-order valence-corrected chi connectivity index (χ1v) is 4.71. The van der Waals surface area contributed by atoms with Crippen molar-refractivity contribution in [2.45, 2.75) is 30.5 Å². The molecule has 1 saturated heterocycles. The average molecular weight is 237 g/mol. The van der Waals surface area contributed by atoms with Gasteiger partial charge in [0.15, 0.2) is 0 Å². The van der Waals surface area contributed by atoms with Crippen molar-refractivity contribution in [1.82, 2.24) is 5.32 Å². The molecule has 0 saturated carbocycles. The summed E-state index contributed by atoms with van der Waals surface area (Å²) >= 11 is 0. The highest BCUT2D eigenvalue weighted by Crippen LogP contribution is 2.27. The number of carboxylic acids is 1. The van der Waals surface area contributed by atoms with Crippen LogP contribution in [0.2, 0.25) is 0 Å². The van der Waals surface area contributed by atoms with Crippen LogP contribution >= 0.6 is 0 Å². The molecule has 0 aromatic carbocycles. The topological polar surface area (TPSA) is 139 Å². The number of aliphatic hydroxyl groups is 4. The Bertz CT molecular complexity index is 261. The van der Waals surface area contributed by atoms with Gasteiger partial charge in [-0.2, -0.15) is 0 Å². The van der Waals surface area contributed by atoms with Gasteiger partial charge in [0.2, 0.25) is 0 Å². The van der Waals surface area contributed by atoms with Gasteiger partial charge in [0.05, 0.1) is 25.5 Å². The van der Waals surface area contributed by atoms with Gasteiger partial charge in [-0.15, -0.1) is 0 Å². The second kappa shape index (κ2) is 5.04. The second-order valence-electron chi connectivity index (χ2n) is 3.59. The van der Waals surface area contributed by atoms with Crippen LogP contribution in [0.4, 0.5) is 0 Å². The van der Waals surface area contributed by atoms with E-state index in [1.54, 1.807) is 0 Å². The van der Waals surface area contributed by atoms with Crippen LogP contribution in [0.1, 0.15) is 6.42 Å². The lowest BCUT2D eigenvalue weighted by Crippen LogP contribution is -2.63. The molecule has 0 aromatic rings. The zero-order valence-electron chi connectivity index (χ0n) is 8.41. The third-order valence-electron chi connectivity index (χ3n) is 2.49. The Labute approximate surface area is 91.1 Å². The van der Waals surface area contributed by atoms with Gasteiger partial charge < -0.3 is 30.3 Å². The number of carbonyl (C=O) groups is 1. The number of hydrogen-bond acceptors (Lipinski definition) is 7. The van der Waals surface area contributed by atoms with Gasteiger partial charge in [0.25, 0.3) is 5.79 Å². The molecule has 1 fully saturated rings. The normalized spacial score (nSPS) is 39.6.